The third kappa shape index (κ3) is 3.86. The van der Waals surface area contributed by atoms with Gasteiger partial charge in [-0.1, -0.05) is 26.0 Å². The number of benzene rings is 1. The molecule has 0 spiro atoms. The Hall–Kier alpha value is -1.02. The predicted octanol–water partition coefficient (Wildman–Crippen LogP) is 3.44. The first kappa shape index (κ1) is 13.0. The molecule has 90 valence electrons. The maximum atomic E-state index is 5.92. The highest BCUT2D eigenvalue weighted by atomic mass is 16.5. The summed E-state index contributed by atoms with van der Waals surface area (Å²) in [4.78, 5) is 0. The van der Waals surface area contributed by atoms with E-state index in [0.717, 1.165) is 24.3 Å². The first-order chi connectivity index (χ1) is 7.50. The fourth-order valence-corrected chi connectivity index (χ4v) is 1.55. The van der Waals surface area contributed by atoms with E-state index in [1.54, 1.807) is 0 Å². The van der Waals surface area contributed by atoms with E-state index in [-0.39, 0.29) is 6.04 Å². The Balaban J connectivity index is 2.72. The van der Waals surface area contributed by atoms with Crippen LogP contribution in [0.4, 0.5) is 0 Å². The molecule has 0 unspecified atom stereocenters. The van der Waals surface area contributed by atoms with Crippen LogP contribution in [0, 0.1) is 12.8 Å². The first-order valence-electron chi connectivity index (χ1n) is 5.99. The van der Waals surface area contributed by atoms with Crippen LogP contribution in [0.3, 0.4) is 0 Å². The maximum absolute atomic E-state index is 5.92. The molecule has 0 saturated carbocycles. The van der Waals surface area contributed by atoms with Gasteiger partial charge in [-0.2, -0.15) is 0 Å². The van der Waals surface area contributed by atoms with Crippen LogP contribution in [0.1, 0.15) is 44.4 Å². The van der Waals surface area contributed by atoms with Crippen molar-refractivity contribution in [1.82, 2.24) is 0 Å². The number of hydrogen-bond donors (Lipinski definition) is 1. The molecular weight excluding hydrogens is 198 g/mol. The highest BCUT2D eigenvalue weighted by molar-refractivity contribution is 5.38. The van der Waals surface area contributed by atoms with Gasteiger partial charge in [0.2, 0.25) is 0 Å². The largest absolute Gasteiger partial charge is 0.493 e. The number of ether oxygens (including phenoxy) is 1. The number of rotatable bonds is 5. The second-order valence-electron chi connectivity index (χ2n) is 4.86. The summed E-state index contributed by atoms with van der Waals surface area (Å²) in [5.74, 6) is 1.61. The molecular formula is C14H23NO. The van der Waals surface area contributed by atoms with Gasteiger partial charge in [-0.25, -0.2) is 0 Å². The Labute approximate surface area is 98.8 Å². The summed E-state index contributed by atoms with van der Waals surface area (Å²) in [6, 6.07) is 6.23. The fourth-order valence-electron chi connectivity index (χ4n) is 1.55. The molecule has 0 aliphatic heterocycles. The van der Waals surface area contributed by atoms with E-state index in [1.165, 1.54) is 5.56 Å². The zero-order valence-corrected chi connectivity index (χ0v) is 10.8. The summed E-state index contributed by atoms with van der Waals surface area (Å²) in [6.45, 7) is 9.22. The van der Waals surface area contributed by atoms with Gasteiger partial charge < -0.3 is 10.5 Å². The van der Waals surface area contributed by atoms with Gasteiger partial charge in [0.1, 0.15) is 5.75 Å². The molecule has 16 heavy (non-hydrogen) atoms. The second-order valence-corrected chi connectivity index (χ2v) is 4.86. The second kappa shape index (κ2) is 5.90. The van der Waals surface area contributed by atoms with Gasteiger partial charge in [0.15, 0.2) is 0 Å². The zero-order chi connectivity index (χ0) is 12.1. The minimum Gasteiger partial charge on any atom is -0.493 e. The molecule has 0 amide bonds. The van der Waals surface area contributed by atoms with Gasteiger partial charge in [0, 0.05) is 11.6 Å². The molecule has 1 atom stereocenters. The van der Waals surface area contributed by atoms with E-state index in [0.29, 0.717) is 5.92 Å². The van der Waals surface area contributed by atoms with Gasteiger partial charge in [0.25, 0.3) is 0 Å². The number of hydrogen-bond acceptors (Lipinski definition) is 2. The van der Waals surface area contributed by atoms with Crippen molar-refractivity contribution in [2.24, 2.45) is 11.7 Å². The summed E-state index contributed by atoms with van der Waals surface area (Å²) in [7, 11) is 0. The standard InChI is InChI=1S/C14H23NO/c1-10(2)7-8-16-14-9-11(3)5-6-13(14)12(4)15/h5-6,9-10,12H,7-8,15H2,1-4H3/t12-/m0/s1. The molecule has 0 radical (unpaired) electrons. The molecule has 0 aliphatic carbocycles. The maximum Gasteiger partial charge on any atom is 0.124 e. The molecule has 2 nitrogen and oxygen atoms in total. The lowest BCUT2D eigenvalue weighted by Gasteiger charge is -2.15. The Morgan fingerprint density at radius 2 is 1.94 bits per heavy atom. The first-order valence-corrected chi connectivity index (χ1v) is 5.99. The minimum atomic E-state index is 0.0228. The lowest BCUT2D eigenvalue weighted by atomic mass is 10.1. The van der Waals surface area contributed by atoms with Crippen LogP contribution in [0.25, 0.3) is 0 Å². The molecule has 0 fully saturated rings. The van der Waals surface area contributed by atoms with Crippen molar-refractivity contribution in [3.8, 4) is 5.75 Å². The smallest absolute Gasteiger partial charge is 0.124 e. The van der Waals surface area contributed by atoms with Crippen molar-refractivity contribution in [1.29, 1.82) is 0 Å². The third-order valence-electron chi connectivity index (χ3n) is 2.61. The normalized spacial score (nSPS) is 12.9. The van der Waals surface area contributed by atoms with Crippen LogP contribution < -0.4 is 10.5 Å². The lowest BCUT2D eigenvalue weighted by Crippen LogP contribution is -2.09. The van der Waals surface area contributed by atoms with E-state index < -0.39 is 0 Å². The Morgan fingerprint density at radius 3 is 2.50 bits per heavy atom. The number of aryl methyl sites for hydroxylation is 1. The van der Waals surface area contributed by atoms with Gasteiger partial charge in [-0.15, -0.1) is 0 Å². The molecule has 0 bridgehead atoms. The summed E-state index contributed by atoms with van der Waals surface area (Å²) in [6.07, 6.45) is 1.08. The molecule has 1 aromatic rings. The van der Waals surface area contributed by atoms with Crippen LogP contribution in [0.15, 0.2) is 18.2 Å². The minimum absolute atomic E-state index is 0.0228. The van der Waals surface area contributed by atoms with Crippen LogP contribution >= 0.6 is 0 Å². The molecule has 0 aromatic heterocycles. The van der Waals surface area contributed by atoms with Crippen LogP contribution in [-0.2, 0) is 0 Å². The van der Waals surface area contributed by atoms with Crippen molar-refractivity contribution in [2.75, 3.05) is 6.61 Å². The fraction of sp³-hybridized carbons (Fsp3) is 0.571. The van der Waals surface area contributed by atoms with Crippen LogP contribution in [0.5, 0.6) is 5.75 Å². The average Bonchev–Trinajstić information content (AvgIpc) is 2.16. The van der Waals surface area contributed by atoms with Crippen molar-refractivity contribution in [2.45, 2.75) is 40.2 Å². The molecule has 0 saturated heterocycles. The van der Waals surface area contributed by atoms with Crippen LogP contribution in [-0.4, -0.2) is 6.61 Å². The van der Waals surface area contributed by atoms with E-state index in [1.807, 2.05) is 6.92 Å². The topological polar surface area (TPSA) is 35.2 Å². The SMILES string of the molecule is Cc1ccc([C@H](C)N)c(OCCC(C)C)c1. The van der Waals surface area contributed by atoms with Crippen molar-refractivity contribution in [3.05, 3.63) is 29.3 Å². The Morgan fingerprint density at radius 1 is 1.25 bits per heavy atom. The highest BCUT2D eigenvalue weighted by Crippen LogP contribution is 2.25. The monoisotopic (exact) mass is 221 g/mol. The Bertz CT molecular complexity index is 332. The molecule has 0 aliphatic rings. The summed E-state index contributed by atoms with van der Waals surface area (Å²) in [5, 5.41) is 0. The average molecular weight is 221 g/mol. The van der Waals surface area contributed by atoms with E-state index in [9.17, 15) is 0 Å². The van der Waals surface area contributed by atoms with Crippen molar-refractivity contribution in [3.63, 3.8) is 0 Å². The Kier molecular flexibility index (Phi) is 4.81. The lowest BCUT2D eigenvalue weighted by molar-refractivity contribution is 0.285. The third-order valence-corrected chi connectivity index (χ3v) is 2.61. The van der Waals surface area contributed by atoms with Gasteiger partial charge in [-0.3, -0.25) is 0 Å². The van der Waals surface area contributed by atoms with E-state index >= 15 is 0 Å². The quantitative estimate of drug-likeness (QED) is 0.826. The summed E-state index contributed by atoms with van der Waals surface area (Å²) in [5.41, 5.74) is 8.22. The van der Waals surface area contributed by atoms with E-state index in [2.05, 4.69) is 39.0 Å². The van der Waals surface area contributed by atoms with Crippen molar-refractivity contribution >= 4 is 0 Å². The van der Waals surface area contributed by atoms with Gasteiger partial charge in [0.05, 0.1) is 6.61 Å². The zero-order valence-electron chi connectivity index (χ0n) is 10.8. The molecule has 0 heterocycles. The van der Waals surface area contributed by atoms with Crippen LogP contribution in [0.2, 0.25) is 0 Å². The van der Waals surface area contributed by atoms with Gasteiger partial charge >= 0.3 is 0 Å². The summed E-state index contributed by atoms with van der Waals surface area (Å²) < 4.78 is 5.81. The van der Waals surface area contributed by atoms with E-state index in [4.69, 9.17) is 10.5 Å². The molecule has 2 N–H and O–H groups in total. The molecule has 1 rings (SSSR count). The molecule has 1 aromatic carbocycles. The molecule has 2 heteroatoms. The van der Waals surface area contributed by atoms with Gasteiger partial charge in [-0.05, 0) is 37.8 Å². The van der Waals surface area contributed by atoms with Crippen molar-refractivity contribution < 1.29 is 4.74 Å². The highest BCUT2D eigenvalue weighted by Gasteiger charge is 2.08. The number of nitrogens with two attached hydrogens (primary N) is 1. The summed E-state index contributed by atoms with van der Waals surface area (Å²) >= 11 is 0. The predicted molar refractivity (Wildman–Crippen MR) is 68.7 cm³/mol.